The van der Waals surface area contributed by atoms with Crippen molar-refractivity contribution in [2.75, 3.05) is 26.2 Å². The zero-order valence-electron chi connectivity index (χ0n) is 30.3. The number of rotatable bonds is 35. The average Bonchev–Trinajstić information content (AvgIpc) is 3.04. The van der Waals surface area contributed by atoms with Crippen molar-refractivity contribution in [2.45, 2.75) is 194 Å². The van der Waals surface area contributed by atoms with Gasteiger partial charge in [0.15, 0.2) is 0 Å². The number of nitrogens with zero attached hydrogens (tertiary/aromatic N) is 1. The van der Waals surface area contributed by atoms with E-state index in [4.69, 9.17) is 5.73 Å². The second-order valence-electron chi connectivity index (χ2n) is 13.2. The molecule has 0 bridgehead atoms. The number of unbranched alkanes of at least 4 members (excludes halogenated alkanes) is 22. The Morgan fingerprint density at radius 2 is 0.889 bits per heavy atom. The Bertz CT molecular complexity index is 691. The van der Waals surface area contributed by atoms with E-state index in [1.165, 1.54) is 141 Å². The summed E-state index contributed by atoms with van der Waals surface area (Å²) in [6.07, 6.45) is 43.3. The lowest BCUT2D eigenvalue weighted by Gasteiger charge is -2.22. The van der Waals surface area contributed by atoms with Gasteiger partial charge in [-0.05, 0) is 64.2 Å². The Labute approximate surface area is 281 Å². The van der Waals surface area contributed by atoms with Gasteiger partial charge in [-0.25, -0.2) is 0 Å². The predicted molar refractivity (Wildman–Crippen MR) is 198 cm³/mol. The van der Waals surface area contributed by atoms with E-state index >= 15 is 0 Å². The highest BCUT2D eigenvalue weighted by atomic mass is 16.2. The molecule has 2 amide bonds. The molecule has 0 atom stereocenters. The summed E-state index contributed by atoms with van der Waals surface area (Å²) < 4.78 is 0. The van der Waals surface area contributed by atoms with Crippen LogP contribution in [-0.4, -0.2) is 42.9 Å². The molecular weight excluding hydrogens is 554 g/mol. The first-order valence-electron chi connectivity index (χ1n) is 19.7. The van der Waals surface area contributed by atoms with E-state index < -0.39 is 0 Å². The van der Waals surface area contributed by atoms with Gasteiger partial charge in [-0.3, -0.25) is 9.59 Å². The van der Waals surface area contributed by atoms with E-state index in [2.05, 4.69) is 43.5 Å². The van der Waals surface area contributed by atoms with E-state index in [0.29, 0.717) is 39.0 Å². The zero-order valence-corrected chi connectivity index (χ0v) is 30.3. The Morgan fingerprint density at radius 1 is 0.511 bits per heavy atom. The monoisotopic (exact) mass is 632 g/mol. The van der Waals surface area contributed by atoms with Crippen molar-refractivity contribution in [3.63, 3.8) is 0 Å². The molecule has 0 fully saturated rings. The Morgan fingerprint density at radius 3 is 1.31 bits per heavy atom. The fraction of sp³-hybridized carbons (Fsp3) is 0.850. The van der Waals surface area contributed by atoms with Gasteiger partial charge in [-0.2, -0.15) is 0 Å². The van der Waals surface area contributed by atoms with E-state index in [1.54, 1.807) is 0 Å². The fourth-order valence-electron chi connectivity index (χ4n) is 5.80. The lowest BCUT2D eigenvalue weighted by atomic mass is 10.1. The molecule has 0 spiro atoms. The van der Waals surface area contributed by atoms with Crippen LogP contribution in [0.1, 0.15) is 194 Å². The lowest BCUT2D eigenvalue weighted by Crippen LogP contribution is -2.41. The van der Waals surface area contributed by atoms with Gasteiger partial charge in [-0.1, -0.05) is 141 Å². The molecular formula is C40H77N3O2. The van der Waals surface area contributed by atoms with Crippen LogP contribution in [0.15, 0.2) is 24.3 Å². The van der Waals surface area contributed by atoms with Crippen molar-refractivity contribution in [2.24, 2.45) is 5.73 Å². The van der Waals surface area contributed by atoms with Gasteiger partial charge < -0.3 is 16.0 Å². The summed E-state index contributed by atoms with van der Waals surface area (Å²) in [5.74, 6) is 0.273. The van der Waals surface area contributed by atoms with Crippen LogP contribution in [0, 0.1) is 0 Å². The molecule has 264 valence electrons. The normalized spacial score (nSPS) is 11.6. The van der Waals surface area contributed by atoms with Crippen molar-refractivity contribution in [3.8, 4) is 0 Å². The maximum absolute atomic E-state index is 12.7. The van der Waals surface area contributed by atoms with Crippen LogP contribution in [-0.2, 0) is 9.59 Å². The Kier molecular flexibility index (Phi) is 35.5. The van der Waals surface area contributed by atoms with Crippen LogP contribution in [0.5, 0.6) is 0 Å². The maximum atomic E-state index is 12.7. The third-order valence-corrected chi connectivity index (χ3v) is 8.77. The minimum absolute atomic E-state index is 0.102. The third-order valence-electron chi connectivity index (χ3n) is 8.77. The number of carbonyl (C=O) groups is 2. The highest BCUT2D eigenvalue weighted by Gasteiger charge is 2.12. The molecule has 0 saturated carbocycles. The molecule has 0 aromatic rings. The SMILES string of the molecule is CCCCCCCC/C=C/CCCCCCCC(=O)NCCN(CCN)C(=O)CCCCCCC/C=C/CCCCCCCC. The van der Waals surface area contributed by atoms with E-state index in [-0.39, 0.29) is 11.8 Å². The summed E-state index contributed by atoms with van der Waals surface area (Å²) in [6.45, 7) is 6.63. The molecule has 5 heteroatoms. The molecule has 0 saturated heterocycles. The maximum Gasteiger partial charge on any atom is 0.222 e. The van der Waals surface area contributed by atoms with Gasteiger partial charge in [0.05, 0.1) is 0 Å². The number of carbonyl (C=O) groups excluding carboxylic acids is 2. The third kappa shape index (κ3) is 33.6. The van der Waals surface area contributed by atoms with Crippen LogP contribution in [0.2, 0.25) is 0 Å². The van der Waals surface area contributed by atoms with Gasteiger partial charge in [0.2, 0.25) is 11.8 Å². The second-order valence-corrected chi connectivity index (χ2v) is 13.2. The second kappa shape index (κ2) is 36.8. The zero-order chi connectivity index (χ0) is 32.9. The van der Waals surface area contributed by atoms with Crippen LogP contribution >= 0.6 is 0 Å². The van der Waals surface area contributed by atoms with Crippen LogP contribution < -0.4 is 11.1 Å². The Hall–Kier alpha value is -1.62. The molecule has 5 nitrogen and oxygen atoms in total. The lowest BCUT2D eigenvalue weighted by molar-refractivity contribution is -0.131. The molecule has 0 radical (unpaired) electrons. The first kappa shape index (κ1) is 43.4. The molecule has 0 heterocycles. The minimum atomic E-state index is 0.102. The standard InChI is InChI=1S/C40H77N3O2/c1-3-5-7-9-11-13-15-17-19-21-23-25-27-29-31-33-39(44)42-36-38-43(37-35-41)40(45)34-32-30-28-26-24-22-20-18-16-14-12-10-8-6-4-2/h17-20H,3-16,21-38,41H2,1-2H3,(H,42,44)/b19-17+,20-18+. The first-order chi connectivity index (χ1) is 22.2. The summed E-state index contributed by atoms with van der Waals surface area (Å²) in [7, 11) is 0. The summed E-state index contributed by atoms with van der Waals surface area (Å²) in [6, 6.07) is 0. The topological polar surface area (TPSA) is 75.4 Å². The highest BCUT2D eigenvalue weighted by molar-refractivity contribution is 5.77. The molecule has 45 heavy (non-hydrogen) atoms. The smallest absolute Gasteiger partial charge is 0.222 e. The van der Waals surface area contributed by atoms with Crippen molar-refractivity contribution in [3.05, 3.63) is 24.3 Å². The van der Waals surface area contributed by atoms with E-state index in [9.17, 15) is 9.59 Å². The molecule has 0 aliphatic carbocycles. The van der Waals surface area contributed by atoms with Crippen molar-refractivity contribution >= 4 is 11.8 Å². The average molecular weight is 632 g/mol. The molecule has 3 N–H and O–H groups in total. The molecule has 0 aliphatic heterocycles. The van der Waals surface area contributed by atoms with Gasteiger partial charge in [0.1, 0.15) is 0 Å². The number of hydrogen-bond acceptors (Lipinski definition) is 3. The van der Waals surface area contributed by atoms with Gasteiger partial charge >= 0.3 is 0 Å². The molecule has 0 rings (SSSR count). The van der Waals surface area contributed by atoms with Crippen LogP contribution in [0.4, 0.5) is 0 Å². The minimum Gasteiger partial charge on any atom is -0.354 e. The molecule has 0 aliphatic rings. The van der Waals surface area contributed by atoms with Gasteiger partial charge in [0, 0.05) is 39.0 Å². The highest BCUT2D eigenvalue weighted by Crippen LogP contribution is 2.12. The van der Waals surface area contributed by atoms with E-state index in [1.807, 2.05) is 4.90 Å². The fourth-order valence-corrected chi connectivity index (χ4v) is 5.80. The van der Waals surface area contributed by atoms with Gasteiger partial charge in [-0.15, -0.1) is 0 Å². The van der Waals surface area contributed by atoms with E-state index in [0.717, 1.165) is 25.7 Å². The predicted octanol–water partition coefficient (Wildman–Crippen LogP) is 11.0. The summed E-state index contributed by atoms with van der Waals surface area (Å²) in [5.41, 5.74) is 5.76. The van der Waals surface area contributed by atoms with Crippen LogP contribution in [0.3, 0.4) is 0 Å². The van der Waals surface area contributed by atoms with Crippen molar-refractivity contribution in [1.29, 1.82) is 0 Å². The quantitative estimate of drug-likeness (QED) is 0.0540. The van der Waals surface area contributed by atoms with Crippen molar-refractivity contribution < 1.29 is 9.59 Å². The van der Waals surface area contributed by atoms with Crippen molar-refractivity contribution in [1.82, 2.24) is 10.2 Å². The molecule has 0 unspecified atom stereocenters. The summed E-state index contributed by atoms with van der Waals surface area (Å²) >= 11 is 0. The number of nitrogens with one attached hydrogen (secondary N) is 1. The first-order valence-corrected chi connectivity index (χ1v) is 19.7. The molecule has 0 aromatic heterocycles. The molecule has 0 aromatic carbocycles. The summed E-state index contributed by atoms with van der Waals surface area (Å²) in [4.78, 5) is 26.8. The Balaban J connectivity index is 3.68. The summed E-state index contributed by atoms with van der Waals surface area (Å²) in [5, 5.41) is 3.01. The number of allylic oxidation sites excluding steroid dienone is 4. The van der Waals surface area contributed by atoms with Gasteiger partial charge in [0.25, 0.3) is 0 Å². The number of nitrogens with two attached hydrogens (primary N) is 1. The van der Waals surface area contributed by atoms with Crippen LogP contribution in [0.25, 0.3) is 0 Å². The largest absolute Gasteiger partial charge is 0.354 e. The number of hydrogen-bond donors (Lipinski definition) is 2. The number of amides is 2.